The number of rotatable bonds is 5. The molecule has 0 fully saturated rings. The molecular weight excluding hydrogens is 354 g/mol. The van der Waals surface area contributed by atoms with Crippen LogP contribution in [0.25, 0.3) is 11.1 Å². The summed E-state index contributed by atoms with van der Waals surface area (Å²) >= 11 is 0. The van der Waals surface area contributed by atoms with E-state index in [0.29, 0.717) is 5.82 Å². The number of hydrogen-bond donors (Lipinski definition) is 2. The number of anilines is 1. The van der Waals surface area contributed by atoms with E-state index in [4.69, 9.17) is 0 Å². The molecule has 0 radical (unpaired) electrons. The lowest BCUT2D eigenvalue weighted by molar-refractivity contribution is -0.136. The van der Waals surface area contributed by atoms with Crippen LogP contribution >= 0.6 is 0 Å². The average Bonchev–Trinajstić information content (AvgIpc) is 3.08. The number of aromatic nitrogens is 3. The second kappa shape index (κ2) is 8.47. The Labute approximate surface area is 163 Å². The quantitative estimate of drug-likeness (QED) is 0.669. The van der Waals surface area contributed by atoms with E-state index in [-0.39, 0.29) is 6.04 Å². The monoisotopic (exact) mass is 377 g/mol. The first kappa shape index (κ1) is 19.3. The van der Waals surface area contributed by atoms with Crippen LogP contribution in [-0.2, 0) is 23.1 Å². The molecule has 144 valence electrons. The number of nitrogens with one attached hydrogen (secondary N) is 2. The van der Waals surface area contributed by atoms with Crippen molar-refractivity contribution >= 4 is 17.6 Å². The summed E-state index contributed by atoms with van der Waals surface area (Å²) in [6, 6.07) is 13.2. The maximum Gasteiger partial charge on any atom is 0.314 e. The van der Waals surface area contributed by atoms with Crippen LogP contribution in [-0.4, -0.2) is 26.6 Å². The zero-order valence-electron chi connectivity index (χ0n) is 16.1. The second-order valence-corrected chi connectivity index (χ2v) is 6.51. The van der Waals surface area contributed by atoms with Crippen LogP contribution < -0.4 is 10.6 Å². The van der Waals surface area contributed by atoms with E-state index in [2.05, 4.69) is 20.7 Å². The van der Waals surface area contributed by atoms with E-state index < -0.39 is 11.8 Å². The number of nitrogens with zero attached hydrogens (tertiary/aromatic N) is 3. The highest BCUT2D eigenvalue weighted by Crippen LogP contribution is 2.21. The van der Waals surface area contributed by atoms with E-state index in [1.54, 1.807) is 30.2 Å². The predicted molar refractivity (Wildman–Crippen MR) is 107 cm³/mol. The molecule has 0 bridgehead atoms. The Bertz CT molecular complexity index is 964. The molecule has 0 aliphatic heterocycles. The highest BCUT2D eigenvalue weighted by molar-refractivity contribution is 6.39. The molecule has 3 rings (SSSR count). The van der Waals surface area contributed by atoms with Crippen LogP contribution in [0.15, 0.2) is 54.9 Å². The summed E-state index contributed by atoms with van der Waals surface area (Å²) in [6.07, 6.45) is 4.25. The van der Waals surface area contributed by atoms with Gasteiger partial charge in [0, 0.05) is 25.5 Å². The van der Waals surface area contributed by atoms with Gasteiger partial charge in [-0.05, 0) is 42.2 Å². The molecule has 0 saturated heterocycles. The van der Waals surface area contributed by atoms with Gasteiger partial charge in [-0.25, -0.2) is 0 Å². The first-order chi connectivity index (χ1) is 13.5. The largest absolute Gasteiger partial charge is 0.341 e. The first-order valence-electron chi connectivity index (χ1n) is 9.13. The molecule has 0 saturated carbocycles. The number of aryl methyl sites for hydroxylation is 2. The van der Waals surface area contributed by atoms with Gasteiger partial charge in [-0.15, -0.1) is 0 Å². The van der Waals surface area contributed by atoms with Gasteiger partial charge in [0.1, 0.15) is 5.82 Å². The molecule has 3 aromatic rings. The third-order valence-corrected chi connectivity index (χ3v) is 4.51. The normalized spacial score (nSPS) is 11.7. The van der Waals surface area contributed by atoms with Gasteiger partial charge in [0.25, 0.3) is 0 Å². The van der Waals surface area contributed by atoms with E-state index in [0.717, 1.165) is 28.8 Å². The van der Waals surface area contributed by atoms with Gasteiger partial charge in [-0.2, -0.15) is 5.10 Å². The maximum atomic E-state index is 12.2. The highest BCUT2D eigenvalue weighted by atomic mass is 16.2. The number of benzene rings is 1. The Morgan fingerprint density at radius 1 is 1.04 bits per heavy atom. The van der Waals surface area contributed by atoms with Crippen molar-refractivity contribution in [1.82, 2.24) is 20.1 Å². The van der Waals surface area contributed by atoms with Crippen molar-refractivity contribution in [2.75, 3.05) is 5.32 Å². The Balaban J connectivity index is 1.61. The third-order valence-electron chi connectivity index (χ3n) is 4.51. The minimum atomic E-state index is -0.717. The highest BCUT2D eigenvalue weighted by Gasteiger charge is 2.19. The summed E-state index contributed by atoms with van der Waals surface area (Å²) in [5.41, 5.74) is 3.89. The molecule has 2 N–H and O–H groups in total. The van der Waals surface area contributed by atoms with Crippen molar-refractivity contribution in [2.24, 2.45) is 7.05 Å². The van der Waals surface area contributed by atoms with Crippen LogP contribution in [0, 0.1) is 0 Å². The van der Waals surface area contributed by atoms with E-state index >= 15 is 0 Å². The molecule has 2 aromatic heterocycles. The van der Waals surface area contributed by atoms with Crippen molar-refractivity contribution < 1.29 is 9.59 Å². The molecule has 7 heteroatoms. The smallest absolute Gasteiger partial charge is 0.314 e. The zero-order valence-corrected chi connectivity index (χ0v) is 16.1. The number of hydrogen-bond acceptors (Lipinski definition) is 4. The molecule has 1 atom stereocenters. The fourth-order valence-electron chi connectivity index (χ4n) is 2.84. The molecule has 2 amide bonds. The molecular formula is C21H23N5O2. The van der Waals surface area contributed by atoms with Gasteiger partial charge in [0.15, 0.2) is 0 Å². The van der Waals surface area contributed by atoms with Gasteiger partial charge >= 0.3 is 11.8 Å². The fraction of sp³-hybridized carbons (Fsp3) is 0.238. The zero-order chi connectivity index (χ0) is 20.1. The van der Waals surface area contributed by atoms with Gasteiger partial charge < -0.3 is 10.6 Å². The van der Waals surface area contributed by atoms with Crippen molar-refractivity contribution in [1.29, 1.82) is 0 Å². The Hall–Kier alpha value is -3.48. The van der Waals surface area contributed by atoms with Crippen LogP contribution in [0.5, 0.6) is 0 Å². The lowest BCUT2D eigenvalue weighted by Gasteiger charge is -2.15. The topological polar surface area (TPSA) is 88.9 Å². The summed E-state index contributed by atoms with van der Waals surface area (Å²) in [4.78, 5) is 28.5. The molecule has 0 spiro atoms. The number of pyridine rings is 1. The molecule has 2 heterocycles. The van der Waals surface area contributed by atoms with Gasteiger partial charge in [-0.3, -0.25) is 19.3 Å². The van der Waals surface area contributed by atoms with Crippen molar-refractivity contribution in [3.8, 4) is 11.1 Å². The summed E-state index contributed by atoms with van der Waals surface area (Å²) in [7, 11) is 1.72. The van der Waals surface area contributed by atoms with Crippen molar-refractivity contribution in [3.63, 3.8) is 0 Å². The van der Waals surface area contributed by atoms with Crippen LogP contribution in [0.4, 0.5) is 5.82 Å². The standard InChI is InChI=1S/C21H23N5O2/c1-4-18-13-19(26(3)25-18)24-21(28)20(27)23-14(2)15-5-7-16(8-6-15)17-9-11-22-12-10-17/h5-14H,4H2,1-3H3,(H,23,27)(H,24,28). The lowest BCUT2D eigenvalue weighted by atomic mass is 10.0. The van der Waals surface area contributed by atoms with E-state index in [1.807, 2.05) is 50.2 Å². The summed E-state index contributed by atoms with van der Waals surface area (Å²) in [6.45, 7) is 3.81. The molecule has 28 heavy (non-hydrogen) atoms. The van der Waals surface area contributed by atoms with Gasteiger partial charge in [-0.1, -0.05) is 31.2 Å². The van der Waals surface area contributed by atoms with E-state index in [1.165, 1.54) is 0 Å². The molecule has 7 nitrogen and oxygen atoms in total. The molecule has 0 aliphatic rings. The minimum absolute atomic E-state index is 0.303. The molecule has 1 unspecified atom stereocenters. The maximum absolute atomic E-state index is 12.2. The number of amides is 2. The van der Waals surface area contributed by atoms with Crippen molar-refractivity contribution in [2.45, 2.75) is 26.3 Å². The third kappa shape index (κ3) is 4.43. The fourth-order valence-corrected chi connectivity index (χ4v) is 2.84. The van der Waals surface area contributed by atoms with Gasteiger partial charge in [0.05, 0.1) is 11.7 Å². The SMILES string of the molecule is CCc1cc(NC(=O)C(=O)NC(C)c2ccc(-c3ccncc3)cc2)n(C)n1. The second-order valence-electron chi connectivity index (χ2n) is 6.51. The van der Waals surface area contributed by atoms with Crippen LogP contribution in [0.2, 0.25) is 0 Å². The summed E-state index contributed by atoms with van der Waals surface area (Å²) in [5.74, 6) is -0.915. The minimum Gasteiger partial charge on any atom is -0.341 e. The van der Waals surface area contributed by atoms with Crippen LogP contribution in [0.1, 0.15) is 31.1 Å². The van der Waals surface area contributed by atoms with Gasteiger partial charge in [0.2, 0.25) is 0 Å². The molecule has 0 aliphatic carbocycles. The number of carbonyl (C=O) groups is 2. The average molecular weight is 377 g/mol. The predicted octanol–water partition coefficient (Wildman–Crippen LogP) is 2.86. The Morgan fingerprint density at radius 2 is 1.68 bits per heavy atom. The first-order valence-corrected chi connectivity index (χ1v) is 9.13. The summed E-state index contributed by atoms with van der Waals surface area (Å²) in [5, 5.41) is 9.57. The molecule has 1 aromatic carbocycles. The van der Waals surface area contributed by atoms with E-state index in [9.17, 15) is 9.59 Å². The van der Waals surface area contributed by atoms with Crippen LogP contribution in [0.3, 0.4) is 0 Å². The lowest BCUT2D eigenvalue weighted by Crippen LogP contribution is -2.37. The number of carbonyl (C=O) groups excluding carboxylic acids is 2. The Kier molecular flexibility index (Phi) is 5.84. The van der Waals surface area contributed by atoms with Crippen molar-refractivity contribution in [3.05, 3.63) is 66.1 Å². The Morgan fingerprint density at radius 3 is 2.29 bits per heavy atom. The summed E-state index contributed by atoms with van der Waals surface area (Å²) < 4.78 is 1.55.